The molecule has 0 radical (unpaired) electrons. The first-order valence-corrected chi connectivity index (χ1v) is 10.7. The van der Waals surface area contributed by atoms with E-state index in [1.54, 1.807) is 16.7 Å². The number of nitrogens with zero attached hydrogens (tertiary/aromatic N) is 5. The molecule has 8 heteroatoms. The summed E-state index contributed by atoms with van der Waals surface area (Å²) in [5.74, 6) is 0.633. The van der Waals surface area contributed by atoms with Crippen molar-refractivity contribution in [3.63, 3.8) is 0 Å². The number of amides is 3. The SMILES string of the molecule is CCN1CC(C(=O)N2CCCCC2c2ncc3c(n2)CCN(C(C)=O)C3)CC1=O. The topological polar surface area (TPSA) is 86.7 Å². The Balaban J connectivity index is 1.53. The molecule has 1 aromatic rings. The molecule has 3 aliphatic heterocycles. The van der Waals surface area contributed by atoms with Gasteiger partial charge in [-0.3, -0.25) is 14.4 Å². The standard InChI is InChI=1S/C21H29N5O3/c1-3-24-12-15(10-19(24)28)21(29)26-8-5-4-6-18(26)20-22-11-16-13-25(14(2)27)9-7-17(16)23-20/h11,15,18H,3-10,12-13H2,1-2H3. The van der Waals surface area contributed by atoms with E-state index in [0.29, 0.717) is 51.4 Å². The number of hydrogen-bond acceptors (Lipinski definition) is 5. The number of likely N-dealkylation sites (tertiary alicyclic amines) is 2. The summed E-state index contributed by atoms with van der Waals surface area (Å²) in [5, 5.41) is 0. The van der Waals surface area contributed by atoms with Crippen LogP contribution in [0.25, 0.3) is 0 Å². The first-order valence-electron chi connectivity index (χ1n) is 10.7. The van der Waals surface area contributed by atoms with E-state index in [1.807, 2.05) is 18.0 Å². The Kier molecular flexibility index (Phi) is 5.52. The summed E-state index contributed by atoms with van der Waals surface area (Å²) < 4.78 is 0. The van der Waals surface area contributed by atoms with Crippen molar-refractivity contribution in [1.82, 2.24) is 24.7 Å². The van der Waals surface area contributed by atoms with E-state index >= 15 is 0 Å². The van der Waals surface area contributed by atoms with Crippen LogP contribution in [0.1, 0.15) is 62.7 Å². The van der Waals surface area contributed by atoms with Gasteiger partial charge in [-0.25, -0.2) is 9.97 Å². The number of hydrogen-bond donors (Lipinski definition) is 0. The van der Waals surface area contributed by atoms with Gasteiger partial charge in [-0.05, 0) is 26.2 Å². The lowest BCUT2D eigenvalue weighted by Gasteiger charge is -2.37. The lowest BCUT2D eigenvalue weighted by Crippen LogP contribution is -2.43. The van der Waals surface area contributed by atoms with Crippen LogP contribution in [0.5, 0.6) is 0 Å². The third-order valence-electron chi connectivity index (χ3n) is 6.43. The van der Waals surface area contributed by atoms with Gasteiger partial charge in [0.05, 0.1) is 17.7 Å². The van der Waals surface area contributed by atoms with Crippen LogP contribution in [0.3, 0.4) is 0 Å². The third kappa shape index (κ3) is 3.84. The average molecular weight is 399 g/mol. The lowest BCUT2D eigenvalue weighted by atomic mass is 9.97. The van der Waals surface area contributed by atoms with E-state index in [2.05, 4.69) is 4.98 Å². The van der Waals surface area contributed by atoms with Crippen LogP contribution in [-0.4, -0.2) is 68.6 Å². The van der Waals surface area contributed by atoms with Gasteiger partial charge in [0, 0.05) is 64.2 Å². The average Bonchev–Trinajstić information content (AvgIpc) is 3.13. The molecule has 0 saturated carbocycles. The molecule has 156 valence electrons. The zero-order valence-corrected chi connectivity index (χ0v) is 17.3. The predicted molar refractivity (Wildman–Crippen MR) is 105 cm³/mol. The maximum Gasteiger partial charge on any atom is 0.228 e. The Labute approximate surface area is 171 Å². The second-order valence-electron chi connectivity index (χ2n) is 8.27. The number of carbonyl (C=O) groups is 3. The second kappa shape index (κ2) is 8.08. The van der Waals surface area contributed by atoms with Crippen LogP contribution in [0.15, 0.2) is 6.20 Å². The van der Waals surface area contributed by atoms with E-state index in [-0.39, 0.29) is 29.7 Å². The quantitative estimate of drug-likeness (QED) is 0.765. The van der Waals surface area contributed by atoms with Gasteiger partial charge in [-0.15, -0.1) is 0 Å². The number of rotatable bonds is 3. The van der Waals surface area contributed by atoms with Crippen molar-refractivity contribution < 1.29 is 14.4 Å². The molecule has 29 heavy (non-hydrogen) atoms. The zero-order valence-electron chi connectivity index (χ0n) is 17.3. The van der Waals surface area contributed by atoms with Crippen molar-refractivity contribution >= 4 is 17.7 Å². The number of piperidine rings is 1. The van der Waals surface area contributed by atoms with Gasteiger partial charge in [-0.2, -0.15) is 0 Å². The normalized spacial score (nSPS) is 24.6. The molecule has 8 nitrogen and oxygen atoms in total. The van der Waals surface area contributed by atoms with Crippen LogP contribution in [0.2, 0.25) is 0 Å². The van der Waals surface area contributed by atoms with Crippen LogP contribution in [0, 0.1) is 5.92 Å². The van der Waals surface area contributed by atoms with Crippen molar-refractivity contribution in [3.8, 4) is 0 Å². The number of aromatic nitrogens is 2. The predicted octanol–water partition coefficient (Wildman–Crippen LogP) is 1.30. The van der Waals surface area contributed by atoms with Crippen molar-refractivity contribution in [2.24, 2.45) is 5.92 Å². The molecule has 2 atom stereocenters. The molecule has 0 aromatic carbocycles. The Morgan fingerprint density at radius 1 is 1.24 bits per heavy atom. The van der Waals surface area contributed by atoms with Crippen LogP contribution >= 0.6 is 0 Å². The molecule has 0 bridgehead atoms. The molecular formula is C21H29N5O3. The minimum absolute atomic E-state index is 0.0584. The fraction of sp³-hybridized carbons (Fsp3) is 0.667. The first kappa shape index (κ1) is 19.8. The summed E-state index contributed by atoms with van der Waals surface area (Å²) in [7, 11) is 0. The lowest BCUT2D eigenvalue weighted by molar-refractivity contribution is -0.139. The summed E-state index contributed by atoms with van der Waals surface area (Å²) in [4.78, 5) is 51.9. The van der Waals surface area contributed by atoms with Crippen molar-refractivity contribution in [2.45, 2.75) is 58.5 Å². The van der Waals surface area contributed by atoms with Gasteiger partial charge in [0.1, 0.15) is 0 Å². The molecule has 1 aromatic heterocycles. The zero-order chi connectivity index (χ0) is 20.5. The van der Waals surface area contributed by atoms with E-state index < -0.39 is 0 Å². The largest absolute Gasteiger partial charge is 0.342 e. The molecule has 2 saturated heterocycles. The van der Waals surface area contributed by atoms with Crippen LogP contribution in [0.4, 0.5) is 0 Å². The molecule has 2 fully saturated rings. The molecule has 4 rings (SSSR count). The third-order valence-corrected chi connectivity index (χ3v) is 6.43. The molecule has 3 aliphatic rings. The maximum absolute atomic E-state index is 13.2. The Bertz CT molecular complexity index is 827. The number of carbonyl (C=O) groups excluding carboxylic acids is 3. The first-order chi connectivity index (χ1) is 14.0. The highest BCUT2D eigenvalue weighted by molar-refractivity contribution is 5.89. The minimum Gasteiger partial charge on any atom is -0.342 e. The fourth-order valence-electron chi connectivity index (χ4n) is 4.70. The molecular weight excluding hydrogens is 370 g/mol. The van der Waals surface area contributed by atoms with Crippen molar-refractivity contribution in [2.75, 3.05) is 26.2 Å². The minimum atomic E-state index is -0.259. The Morgan fingerprint density at radius 2 is 2.07 bits per heavy atom. The van der Waals surface area contributed by atoms with Gasteiger partial charge in [0.25, 0.3) is 0 Å². The van der Waals surface area contributed by atoms with Crippen LogP contribution < -0.4 is 0 Å². The second-order valence-corrected chi connectivity index (χ2v) is 8.27. The van der Waals surface area contributed by atoms with Gasteiger partial charge in [0.2, 0.25) is 17.7 Å². The highest BCUT2D eigenvalue weighted by atomic mass is 16.2. The maximum atomic E-state index is 13.2. The Hall–Kier alpha value is -2.51. The summed E-state index contributed by atoms with van der Waals surface area (Å²) >= 11 is 0. The summed E-state index contributed by atoms with van der Waals surface area (Å²) in [6.45, 7) is 6.61. The van der Waals surface area contributed by atoms with Gasteiger partial charge >= 0.3 is 0 Å². The monoisotopic (exact) mass is 399 g/mol. The molecule has 2 unspecified atom stereocenters. The summed E-state index contributed by atoms with van der Waals surface area (Å²) in [5.41, 5.74) is 1.97. The molecule has 4 heterocycles. The highest BCUT2D eigenvalue weighted by Crippen LogP contribution is 2.33. The van der Waals surface area contributed by atoms with Crippen molar-refractivity contribution in [1.29, 1.82) is 0 Å². The van der Waals surface area contributed by atoms with Gasteiger partial charge < -0.3 is 14.7 Å². The smallest absolute Gasteiger partial charge is 0.228 e. The van der Waals surface area contributed by atoms with Crippen molar-refractivity contribution in [3.05, 3.63) is 23.3 Å². The fourth-order valence-corrected chi connectivity index (χ4v) is 4.70. The summed E-state index contributed by atoms with van der Waals surface area (Å²) in [6, 6.07) is -0.127. The molecule has 3 amide bonds. The molecule has 0 N–H and O–H groups in total. The highest BCUT2D eigenvalue weighted by Gasteiger charge is 2.39. The number of fused-ring (bicyclic) bond motifs is 1. The molecule has 0 spiro atoms. The Morgan fingerprint density at radius 3 is 2.79 bits per heavy atom. The van der Waals surface area contributed by atoms with Crippen LogP contribution in [-0.2, 0) is 27.3 Å². The van der Waals surface area contributed by atoms with E-state index in [9.17, 15) is 14.4 Å². The summed E-state index contributed by atoms with van der Waals surface area (Å²) in [6.07, 6.45) is 5.70. The van der Waals surface area contributed by atoms with E-state index in [4.69, 9.17) is 4.98 Å². The van der Waals surface area contributed by atoms with E-state index in [1.165, 1.54) is 0 Å². The van der Waals surface area contributed by atoms with Gasteiger partial charge in [0.15, 0.2) is 5.82 Å². The van der Waals surface area contributed by atoms with Gasteiger partial charge in [-0.1, -0.05) is 0 Å². The molecule has 0 aliphatic carbocycles. The van der Waals surface area contributed by atoms with E-state index in [0.717, 1.165) is 30.5 Å².